The average molecular weight is 298 g/mol. The second-order valence-corrected chi connectivity index (χ2v) is 7.92. The molecule has 0 aromatic rings. The summed E-state index contributed by atoms with van der Waals surface area (Å²) in [5, 5.41) is 21.5. The van der Waals surface area contributed by atoms with Crippen molar-refractivity contribution in [1.29, 1.82) is 0 Å². The molecule has 0 radical (unpaired) electrons. The first-order valence-electron chi connectivity index (χ1n) is 8.17. The zero-order valence-electron chi connectivity index (χ0n) is 13.9. The Morgan fingerprint density at radius 2 is 1.86 bits per heavy atom. The first-order chi connectivity index (χ1) is 9.59. The van der Waals surface area contributed by atoms with E-state index in [2.05, 4.69) is 13.8 Å². The van der Waals surface area contributed by atoms with E-state index in [1.165, 1.54) is 6.92 Å². The number of hydrogen-bond acceptors (Lipinski definition) is 4. The number of carbonyl (C=O) groups excluding carboxylic acids is 1. The lowest BCUT2D eigenvalue weighted by Gasteiger charge is -2.59. The summed E-state index contributed by atoms with van der Waals surface area (Å²) in [6.45, 7) is 9.58. The standard InChI is InChI=1S/C17H30O4/c1-10(2)12-6-8-16(4)13(19)7-9-17(5,20)15(16)14(12)21-11(3)18/h10,12-15,19-20H,6-9H2,1-5H3/t12-,13-,14+,15?,16-,17-/m0/s1. The van der Waals surface area contributed by atoms with Gasteiger partial charge in [0.15, 0.2) is 0 Å². The highest BCUT2D eigenvalue weighted by molar-refractivity contribution is 5.66. The molecule has 0 bridgehead atoms. The molecule has 2 saturated carbocycles. The lowest BCUT2D eigenvalue weighted by atomic mass is 9.50. The monoisotopic (exact) mass is 298 g/mol. The van der Waals surface area contributed by atoms with Crippen molar-refractivity contribution in [3.05, 3.63) is 0 Å². The van der Waals surface area contributed by atoms with Gasteiger partial charge in [-0.1, -0.05) is 20.8 Å². The van der Waals surface area contributed by atoms with Crippen LogP contribution in [0.1, 0.15) is 60.3 Å². The summed E-state index contributed by atoms with van der Waals surface area (Å²) >= 11 is 0. The maximum Gasteiger partial charge on any atom is 0.302 e. The maximum absolute atomic E-state index is 11.6. The molecule has 2 rings (SSSR count). The van der Waals surface area contributed by atoms with Crippen molar-refractivity contribution >= 4 is 5.97 Å². The smallest absolute Gasteiger partial charge is 0.302 e. The first-order valence-corrected chi connectivity index (χ1v) is 8.17. The molecule has 2 N–H and O–H groups in total. The Balaban J connectivity index is 2.43. The Morgan fingerprint density at radius 1 is 1.24 bits per heavy atom. The van der Waals surface area contributed by atoms with Crippen molar-refractivity contribution in [3.63, 3.8) is 0 Å². The summed E-state index contributed by atoms with van der Waals surface area (Å²) in [4.78, 5) is 11.6. The molecule has 0 heterocycles. The van der Waals surface area contributed by atoms with E-state index < -0.39 is 11.7 Å². The van der Waals surface area contributed by atoms with Gasteiger partial charge < -0.3 is 14.9 Å². The fourth-order valence-electron chi connectivity index (χ4n) is 4.83. The van der Waals surface area contributed by atoms with Crippen molar-refractivity contribution in [2.75, 3.05) is 0 Å². The van der Waals surface area contributed by atoms with Gasteiger partial charge >= 0.3 is 5.97 Å². The lowest BCUT2D eigenvalue weighted by Crippen LogP contribution is -2.64. The van der Waals surface area contributed by atoms with Gasteiger partial charge in [0.2, 0.25) is 0 Å². The van der Waals surface area contributed by atoms with E-state index in [1.54, 1.807) is 0 Å². The summed E-state index contributed by atoms with van der Waals surface area (Å²) in [6.07, 6.45) is 2.21. The van der Waals surface area contributed by atoms with Gasteiger partial charge in [-0.25, -0.2) is 0 Å². The molecule has 2 fully saturated rings. The molecular formula is C17H30O4. The predicted molar refractivity (Wildman–Crippen MR) is 80.6 cm³/mol. The number of ether oxygens (including phenoxy) is 1. The SMILES string of the molecule is CC(=O)O[C@H]1C2[C@@](C)(O)CC[C@H](O)[C@]2(C)CC[C@H]1C(C)C. The van der Waals surface area contributed by atoms with Crippen LogP contribution in [-0.4, -0.2) is 34.0 Å². The number of hydrogen-bond donors (Lipinski definition) is 2. The van der Waals surface area contributed by atoms with Gasteiger partial charge in [-0.3, -0.25) is 4.79 Å². The molecule has 4 nitrogen and oxygen atoms in total. The van der Waals surface area contributed by atoms with Gasteiger partial charge in [0.05, 0.1) is 11.7 Å². The van der Waals surface area contributed by atoms with Gasteiger partial charge in [0.1, 0.15) is 6.10 Å². The van der Waals surface area contributed by atoms with Crippen LogP contribution in [0.15, 0.2) is 0 Å². The second kappa shape index (κ2) is 5.54. The molecule has 0 spiro atoms. The lowest BCUT2D eigenvalue weighted by molar-refractivity contribution is -0.229. The Morgan fingerprint density at radius 3 is 2.38 bits per heavy atom. The van der Waals surface area contributed by atoms with Gasteiger partial charge in [-0.15, -0.1) is 0 Å². The van der Waals surface area contributed by atoms with Gasteiger partial charge in [-0.05, 0) is 44.4 Å². The fourth-order valence-corrected chi connectivity index (χ4v) is 4.83. The molecule has 21 heavy (non-hydrogen) atoms. The van der Waals surface area contributed by atoms with Crippen LogP contribution < -0.4 is 0 Å². The Hall–Kier alpha value is -0.610. The zero-order chi connectivity index (χ0) is 16.0. The van der Waals surface area contributed by atoms with E-state index in [4.69, 9.17) is 4.74 Å². The molecule has 1 unspecified atom stereocenters. The summed E-state index contributed by atoms with van der Waals surface area (Å²) < 4.78 is 5.67. The quantitative estimate of drug-likeness (QED) is 0.769. The van der Waals surface area contributed by atoms with Crippen molar-refractivity contribution in [2.45, 2.75) is 78.1 Å². The molecule has 4 heteroatoms. The molecule has 0 aromatic carbocycles. The number of aliphatic hydroxyl groups is 2. The molecular weight excluding hydrogens is 268 g/mol. The number of rotatable bonds is 2. The second-order valence-electron chi connectivity index (χ2n) is 7.92. The van der Waals surface area contributed by atoms with Crippen LogP contribution in [0.4, 0.5) is 0 Å². The Bertz CT molecular complexity index is 404. The van der Waals surface area contributed by atoms with Crippen molar-refractivity contribution in [2.24, 2.45) is 23.2 Å². The molecule has 0 amide bonds. The van der Waals surface area contributed by atoms with Crippen LogP contribution in [0.5, 0.6) is 0 Å². The minimum absolute atomic E-state index is 0.209. The molecule has 0 saturated heterocycles. The van der Waals surface area contributed by atoms with Crippen LogP contribution in [0, 0.1) is 23.2 Å². The van der Waals surface area contributed by atoms with Crippen LogP contribution in [0.25, 0.3) is 0 Å². The van der Waals surface area contributed by atoms with Gasteiger partial charge in [0.25, 0.3) is 0 Å². The first kappa shape index (κ1) is 16.8. The topological polar surface area (TPSA) is 66.8 Å². The van der Waals surface area contributed by atoms with E-state index in [9.17, 15) is 15.0 Å². The van der Waals surface area contributed by atoms with Crippen molar-refractivity contribution in [1.82, 2.24) is 0 Å². The summed E-state index contributed by atoms with van der Waals surface area (Å²) in [5.74, 6) is 0.113. The number of esters is 1. The van der Waals surface area contributed by atoms with E-state index in [-0.39, 0.29) is 29.3 Å². The van der Waals surface area contributed by atoms with E-state index >= 15 is 0 Å². The Labute approximate surface area is 127 Å². The molecule has 2 aliphatic carbocycles. The predicted octanol–water partition coefficient (Wildman–Crippen LogP) is 2.51. The summed E-state index contributed by atoms with van der Waals surface area (Å²) in [7, 11) is 0. The van der Waals surface area contributed by atoms with Gasteiger partial charge in [0, 0.05) is 18.3 Å². The van der Waals surface area contributed by atoms with E-state index in [0.29, 0.717) is 18.8 Å². The molecule has 122 valence electrons. The van der Waals surface area contributed by atoms with Crippen molar-refractivity contribution in [3.8, 4) is 0 Å². The summed E-state index contributed by atoms with van der Waals surface area (Å²) in [6, 6.07) is 0. The highest BCUT2D eigenvalue weighted by atomic mass is 16.5. The molecule has 2 aliphatic rings. The van der Waals surface area contributed by atoms with Crippen LogP contribution >= 0.6 is 0 Å². The van der Waals surface area contributed by atoms with Gasteiger partial charge in [-0.2, -0.15) is 0 Å². The van der Waals surface area contributed by atoms with Crippen molar-refractivity contribution < 1.29 is 19.7 Å². The number of fused-ring (bicyclic) bond motifs is 1. The maximum atomic E-state index is 11.6. The fraction of sp³-hybridized carbons (Fsp3) is 0.941. The number of carbonyl (C=O) groups is 1. The highest BCUT2D eigenvalue weighted by Gasteiger charge is 2.60. The third-order valence-electron chi connectivity index (χ3n) is 5.99. The van der Waals surface area contributed by atoms with E-state index in [1.807, 2.05) is 13.8 Å². The molecule has 6 atom stereocenters. The van der Waals surface area contributed by atoms with E-state index in [0.717, 1.165) is 12.8 Å². The highest BCUT2D eigenvalue weighted by Crippen LogP contribution is 2.57. The van der Waals surface area contributed by atoms with Crippen LogP contribution in [0.2, 0.25) is 0 Å². The number of aliphatic hydroxyl groups excluding tert-OH is 1. The minimum Gasteiger partial charge on any atom is -0.462 e. The third kappa shape index (κ3) is 2.85. The van der Waals surface area contributed by atoms with Crippen LogP contribution in [-0.2, 0) is 9.53 Å². The molecule has 0 aliphatic heterocycles. The largest absolute Gasteiger partial charge is 0.462 e. The molecule has 0 aromatic heterocycles. The Kier molecular flexibility index (Phi) is 4.42. The van der Waals surface area contributed by atoms with Crippen LogP contribution in [0.3, 0.4) is 0 Å². The normalized spacial score (nSPS) is 47.0. The minimum atomic E-state index is -0.901. The zero-order valence-corrected chi connectivity index (χ0v) is 13.9. The summed E-state index contributed by atoms with van der Waals surface area (Å²) in [5.41, 5.74) is -1.28. The third-order valence-corrected chi connectivity index (χ3v) is 5.99. The average Bonchev–Trinajstić information content (AvgIpc) is 2.33.